The summed E-state index contributed by atoms with van der Waals surface area (Å²) in [5, 5.41) is 15.2. The predicted molar refractivity (Wildman–Crippen MR) is 104 cm³/mol. The number of hydrogen-bond donors (Lipinski definition) is 1. The summed E-state index contributed by atoms with van der Waals surface area (Å²) < 4.78 is 10.3. The Morgan fingerprint density at radius 1 is 1.21 bits per heavy atom. The summed E-state index contributed by atoms with van der Waals surface area (Å²) >= 11 is 0. The van der Waals surface area contributed by atoms with Crippen LogP contribution in [0.2, 0.25) is 0 Å². The second-order valence-corrected chi connectivity index (χ2v) is 5.98. The van der Waals surface area contributed by atoms with Crippen molar-refractivity contribution in [2.24, 2.45) is 0 Å². The second-order valence-electron chi connectivity index (χ2n) is 5.98. The van der Waals surface area contributed by atoms with Gasteiger partial charge >= 0.3 is 5.97 Å². The van der Waals surface area contributed by atoms with Crippen LogP contribution in [-0.2, 0) is 16.1 Å². The molecule has 0 radical (unpaired) electrons. The van der Waals surface area contributed by atoms with E-state index in [1.807, 2.05) is 30.3 Å². The predicted octanol–water partition coefficient (Wildman–Crippen LogP) is 3.56. The number of benzene rings is 2. The number of carbonyl (C=O) groups is 1. The van der Waals surface area contributed by atoms with Gasteiger partial charge in [-0.05, 0) is 18.2 Å². The number of carbonyl (C=O) groups excluding carboxylic acids is 1. The van der Waals surface area contributed by atoms with Crippen LogP contribution < -0.4 is 5.32 Å². The van der Waals surface area contributed by atoms with E-state index < -0.39 is 10.9 Å². The van der Waals surface area contributed by atoms with E-state index in [2.05, 4.69) is 10.3 Å². The molecule has 0 aliphatic carbocycles. The highest BCUT2D eigenvalue weighted by molar-refractivity contribution is 5.91. The smallest absolute Gasteiger partial charge is 0.338 e. The SMILES string of the molecule is COCCNc1ccc(C(=O)OCc2cccc3cccnc23)cc1[N+](=O)[O-]. The molecule has 2 aromatic carbocycles. The van der Waals surface area contributed by atoms with E-state index in [0.29, 0.717) is 18.8 Å². The molecular weight excluding hydrogens is 362 g/mol. The molecule has 8 heteroatoms. The Morgan fingerprint density at radius 3 is 2.82 bits per heavy atom. The third kappa shape index (κ3) is 4.41. The average molecular weight is 381 g/mol. The fourth-order valence-electron chi connectivity index (χ4n) is 2.76. The normalized spacial score (nSPS) is 10.6. The zero-order valence-corrected chi connectivity index (χ0v) is 15.3. The van der Waals surface area contributed by atoms with Gasteiger partial charge < -0.3 is 14.8 Å². The van der Waals surface area contributed by atoms with Crippen LogP contribution in [0.1, 0.15) is 15.9 Å². The largest absolute Gasteiger partial charge is 0.457 e. The summed E-state index contributed by atoms with van der Waals surface area (Å²) in [6.07, 6.45) is 1.67. The van der Waals surface area contributed by atoms with Crippen LogP contribution >= 0.6 is 0 Å². The molecule has 0 saturated carbocycles. The van der Waals surface area contributed by atoms with Crippen molar-refractivity contribution in [2.75, 3.05) is 25.6 Å². The first kappa shape index (κ1) is 19.2. The number of para-hydroxylation sites is 1. The summed E-state index contributed by atoms with van der Waals surface area (Å²) in [5.74, 6) is -0.639. The molecule has 0 atom stereocenters. The molecule has 3 rings (SSSR count). The summed E-state index contributed by atoms with van der Waals surface area (Å²) in [4.78, 5) is 27.5. The number of nitro benzene ring substituents is 1. The van der Waals surface area contributed by atoms with Crippen LogP contribution in [0.15, 0.2) is 54.7 Å². The maximum Gasteiger partial charge on any atom is 0.338 e. The minimum Gasteiger partial charge on any atom is -0.457 e. The maximum atomic E-state index is 12.4. The lowest BCUT2D eigenvalue weighted by Crippen LogP contribution is -2.11. The van der Waals surface area contributed by atoms with Gasteiger partial charge in [-0.2, -0.15) is 0 Å². The minimum absolute atomic E-state index is 0.0226. The van der Waals surface area contributed by atoms with E-state index in [0.717, 1.165) is 16.5 Å². The number of ether oxygens (including phenoxy) is 2. The summed E-state index contributed by atoms with van der Waals surface area (Å²) in [5.41, 5.74) is 1.74. The van der Waals surface area contributed by atoms with Crippen molar-refractivity contribution in [2.45, 2.75) is 6.61 Å². The average Bonchev–Trinajstić information content (AvgIpc) is 2.72. The summed E-state index contributed by atoms with van der Waals surface area (Å²) in [6, 6.07) is 13.6. The Kier molecular flexibility index (Phi) is 6.13. The van der Waals surface area contributed by atoms with Crippen molar-refractivity contribution >= 4 is 28.2 Å². The molecule has 0 unspecified atom stereocenters. The first-order valence-electron chi connectivity index (χ1n) is 8.61. The molecule has 3 aromatic rings. The van der Waals surface area contributed by atoms with Crippen molar-refractivity contribution < 1.29 is 19.2 Å². The number of esters is 1. The van der Waals surface area contributed by atoms with Crippen molar-refractivity contribution in [3.63, 3.8) is 0 Å². The standard InChI is InChI=1S/C20H19N3O5/c1-27-11-10-21-17-8-7-15(12-18(17)23(25)26)20(24)28-13-16-5-2-4-14-6-3-9-22-19(14)16/h2-9,12,21H,10-11,13H2,1H3. The lowest BCUT2D eigenvalue weighted by Gasteiger charge is -2.09. The molecule has 1 N–H and O–H groups in total. The van der Waals surface area contributed by atoms with E-state index in [1.165, 1.54) is 18.2 Å². The minimum atomic E-state index is -0.639. The van der Waals surface area contributed by atoms with Gasteiger partial charge in [-0.3, -0.25) is 15.1 Å². The Labute approximate surface area is 161 Å². The fourth-order valence-corrected chi connectivity index (χ4v) is 2.76. The maximum absolute atomic E-state index is 12.4. The molecule has 1 aromatic heterocycles. The molecular formula is C20H19N3O5. The molecule has 0 bridgehead atoms. The van der Waals surface area contributed by atoms with Gasteiger partial charge in [0, 0.05) is 36.9 Å². The topological polar surface area (TPSA) is 104 Å². The number of rotatable bonds is 8. The lowest BCUT2D eigenvalue weighted by molar-refractivity contribution is -0.384. The molecule has 28 heavy (non-hydrogen) atoms. The van der Waals surface area contributed by atoms with Crippen molar-refractivity contribution in [1.82, 2.24) is 4.98 Å². The number of fused-ring (bicyclic) bond motifs is 1. The first-order valence-corrected chi connectivity index (χ1v) is 8.61. The molecule has 0 amide bonds. The van der Waals surface area contributed by atoms with Crippen LogP contribution in [-0.4, -0.2) is 36.1 Å². The monoisotopic (exact) mass is 381 g/mol. The molecule has 144 valence electrons. The third-order valence-corrected chi connectivity index (χ3v) is 4.13. The highest BCUT2D eigenvalue weighted by atomic mass is 16.6. The zero-order chi connectivity index (χ0) is 19.9. The summed E-state index contributed by atoms with van der Waals surface area (Å²) in [6.45, 7) is 0.837. The van der Waals surface area contributed by atoms with Gasteiger partial charge in [-0.25, -0.2) is 4.79 Å². The number of anilines is 1. The Balaban J connectivity index is 1.75. The van der Waals surface area contributed by atoms with Crippen LogP contribution in [0.25, 0.3) is 10.9 Å². The molecule has 8 nitrogen and oxygen atoms in total. The van der Waals surface area contributed by atoms with Gasteiger partial charge in [0.1, 0.15) is 12.3 Å². The zero-order valence-electron chi connectivity index (χ0n) is 15.3. The molecule has 0 aliphatic heterocycles. The Hall–Kier alpha value is -3.52. The van der Waals surface area contributed by atoms with Gasteiger partial charge in [0.2, 0.25) is 0 Å². The van der Waals surface area contributed by atoms with Crippen LogP contribution in [0.5, 0.6) is 0 Å². The van der Waals surface area contributed by atoms with E-state index >= 15 is 0 Å². The van der Waals surface area contributed by atoms with Gasteiger partial charge in [0.15, 0.2) is 0 Å². The van der Waals surface area contributed by atoms with E-state index in [1.54, 1.807) is 13.3 Å². The highest BCUT2D eigenvalue weighted by Crippen LogP contribution is 2.26. The highest BCUT2D eigenvalue weighted by Gasteiger charge is 2.18. The van der Waals surface area contributed by atoms with Gasteiger partial charge in [-0.1, -0.05) is 24.3 Å². The number of aromatic nitrogens is 1. The summed E-state index contributed by atoms with van der Waals surface area (Å²) in [7, 11) is 1.54. The number of methoxy groups -OCH3 is 1. The number of nitrogens with one attached hydrogen (secondary N) is 1. The van der Waals surface area contributed by atoms with Gasteiger partial charge in [0.05, 0.1) is 22.6 Å². The van der Waals surface area contributed by atoms with Crippen molar-refractivity contribution in [1.29, 1.82) is 0 Å². The second kappa shape index (κ2) is 8.92. The van der Waals surface area contributed by atoms with Crippen LogP contribution in [0, 0.1) is 10.1 Å². The van der Waals surface area contributed by atoms with Crippen LogP contribution in [0.3, 0.4) is 0 Å². The number of hydrogen-bond acceptors (Lipinski definition) is 7. The number of nitro groups is 1. The number of pyridine rings is 1. The van der Waals surface area contributed by atoms with Gasteiger partial charge in [0.25, 0.3) is 5.69 Å². The van der Waals surface area contributed by atoms with E-state index in [-0.39, 0.29) is 17.9 Å². The third-order valence-electron chi connectivity index (χ3n) is 4.13. The van der Waals surface area contributed by atoms with Crippen molar-refractivity contribution in [3.05, 3.63) is 76.0 Å². The quantitative estimate of drug-likeness (QED) is 0.275. The first-order chi connectivity index (χ1) is 13.6. The van der Waals surface area contributed by atoms with Crippen molar-refractivity contribution in [3.8, 4) is 0 Å². The Morgan fingerprint density at radius 2 is 2.04 bits per heavy atom. The van der Waals surface area contributed by atoms with E-state index in [4.69, 9.17) is 9.47 Å². The molecule has 0 fully saturated rings. The lowest BCUT2D eigenvalue weighted by atomic mass is 10.1. The van der Waals surface area contributed by atoms with E-state index in [9.17, 15) is 14.9 Å². The fraction of sp³-hybridized carbons (Fsp3) is 0.200. The molecule has 0 aliphatic rings. The Bertz CT molecular complexity index is 1000. The number of nitrogens with zero attached hydrogens (tertiary/aromatic N) is 2. The molecule has 0 spiro atoms. The van der Waals surface area contributed by atoms with Gasteiger partial charge in [-0.15, -0.1) is 0 Å². The van der Waals surface area contributed by atoms with Crippen LogP contribution in [0.4, 0.5) is 11.4 Å². The molecule has 1 heterocycles. The molecule has 0 saturated heterocycles.